The van der Waals surface area contributed by atoms with Crippen molar-refractivity contribution >= 4 is 35.6 Å². The molecule has 1 aromatic rings. The zero-order chi connectivity index (χ0) is 19.2. The van der Waals surface area contributed by atoms with Crippen LogP contribution in [-0.2, 0) is 9.59 Å². The molecule has 156 valence electrons. The van der Waals surface area contributed by atoms with E-state index in [1.165, 1.54) is 19.3 Å². The fourth-order valence-electron chi connectivity index (χ4n) is 3.96. The molecule has 2 saturated heterocycles. The van der Waals surface area contributed by atoms with Crippen molar-refractivity contribution in [2.45, 2.75) is 52.0 Å². The Balaban J connectivity index is 0.00000280. The van der Waals surface area contributed by atoms with E-state index < -0.39 is 0 Å². The molecule has 3 N–H and O–H groups in total. The van der Waals surface area contributed by atoms with Gasteiger partial charge in [-0.3, -0.25) is 14.5 Å². The highest BCUT2D eigenvalue weighted by Crippen LogP contribution is 2.23. The lowest BCUT2D eigenvalue weighted by molar-refractivity contribution is -0.121. The van der Waals surface area contributed by atoms with E-state index in [1.54, 1.807) is 0 Å². The highest BCUT2D eigenvalue weighted by Gasteiger charge is 2.24. The first-order valence-corrected chi connectivity index (χ1v) is 10.2. The summed E-state index contributed by atoms with van der Waals surface area (Å²) in [7, 11) is 0. The van der Waals surface area contributed by atoms with Crippen LogP contribution in [0.25, 0.3) is 0 Å². The Hall–Kier alpha value is -1.63. The van der Waals surface area contributed by atoms with Crippen LogP contribution < -0.4 is 16.0 Å². The molecule has 3 rings (SSSR count). The first kappa shape index (κ1) is 22.7. The minimum atomic E-state index is 0. The molecule has 0 saturated carbocycles. The largest absolute Gasteiger partial charge is 0.326 e. The number of likely N-dealkylation sites (tertiary alicyclic amines) is 1. The van der Waals surface area contributed by atoms with E-state index in [0.717, 1.165) is 49.4 Å². The number of hydrogen-bond acceptors (Lipinski definition) is 4. The summed E-state index contributed by atoms with van der Waals surface area (Å²) in [6, 6.07) is 6.08. The van der Waals surface area contributed by atoms with Crippen molar-refractivity contribution in [2.75, 3.05) is 36.8 Å². The predicted octanol–water partition coefficient (Wildman–Crippen LogP) is 3.17. The quantitative estimate of drug-likeness (QED) is 0.699. The van der Waals surface area contributed by atoms with E-state index in [2.05, 4.69) is 27.8 Å². The molecule has 2 aliphatic heterocycles. The summed E-state index contributed by atoms with van der Waals surface area (Å²) in [5.41, 5.74) is 2.51. The molecule has 6 nitrogen and oxygen atoms in total. The molecule has 1 aromatic carbocycles. The number of hydrogen-bond donors (Lipinski definition) is 3. The van der Waals surface area contributed by atoms with Crippen LogP contribution in [0, 0.1) is 12.8 Å². The number of nitrogens with zero attached hydrogens (tertiary/aromatic N) is 1. The van der Waals surface area contributed by atoms with E-state index in [9.17, 15) is 9.59 Å². The second kappa shape index (κ2) is 10.8. The van der Waals surface area contributed by atoms with Gasteiger partial charge in [-0.1, -0.05) is 12.5 Å². The van der Waals surface area contributed by atoms with Crippen LogP contribution in [0.3, 0.4) is 0 Å². The van der Waals surface area contributed by atoms with Crippen LogP contribution in [0.15, 0.2) is 18.2 Å². The summed E-state index contributed by atoms with van der Waals surface area (Å²) in [5, 5.41) is 9.41. The number of carbonyl (C=O) groups excluding carboxylic acids is 2. The number of amides is 2. The number of aryl methyl sites for hydroxylation is 1. The molecule has 2 fully saturated rings. The fraction of sp³-hybridized carbons (Fsp3) is 0.619. The molecule has 0 aromatic heterocycles. The van der Waals surface area contributed by atoms with Gasteiger partial charge in [0.1, 0.15) is 0 Å². The molecule has 28 heavy (non-hydrogen) atoms. The minimum absolute atomic E-state index is 0. The number of rotatable bonds is 5. The lowest BCUT2D eigenvalue weighted by Gasteiger charge is -2.27. The lowest BCUT2D eigenvalue weighted by Crippen LogP contribution is -2.40. The molecule has 2 heterocycles. The Morgan fingerprint density at radius 3 is 2.64 bits per heavy atom. The van der Waals surface area contributed by atoms with E-state index in [4.69, 9.17) is 0 Å². The van der Waals surface area contributed by atoms with E-state index in [-0.39, 0.29) is 30.1 Å². The lowest BCUT2D eigenvalue weighted by atomic mass is 9.92. The number of benzene rings is 1. The molecule has 0 unspecified atom stereocenters. The number of halogens is 1. The molecular formula is C21H33ClN4O2. The number of nitrogens with one attached hydrogen (secondary N) is 3. The van der Waals surface area contributed by atoms with Gasteiger partial charge in [-0.2, -0.15) is 0 Å². The monoisotopic (exact) mass is 408 g/mol. The molecule has 2 atom stereocenters. The third-order valence-electron chi connectivity index (χ3n) is 5.59. The van der Waals surface area contributed by atoms with Crippen molar-refractivity contribution in [3.8, 4) is 0 Å². The average Bonchev–Trinajstić information content (AvgIpc) is 2.65. The zero-order valence-electron chi connectivity index (χ0n) is 16.9. The summed E-state index contributed by atoms with van der Waals surface area (Å²) < 4.78 is 0. The summed E-state index contributed by atoms with van der Waals surface area (Å²) in [5.74, 6) is 0.119. The maximum atomic E-state index is 12.6. The van der Waals surface area contributed by atoms with Gasteiger partial charge in [0.2, 0.25) is 11.8 Å². The zero-order valence-corrected chi connectivity index (χ0v) is 17.7. The topological polar surface area (TPSA) is 73.5 Å². The first-order chi connectivity index (χ1) is 13.0. The van der Waals surface area contributed by atoms with Gasteiger partial charge < -0.3 is 16.0 Å². The van der Waals surface area contributed by atoms with Gasteiger partial charge in [-0.15, -0.1) is 12.4 Å². The third kappa shape index (κ3) is 6.47. The number of piperidine rings is 2. The Labute approximate surface area is 174 Å². The first-order valence-electron chi connectivity index (χ1n) is 10.2. The van der Waals surface area contributed by atoms with Gasteiger partial charge in [0.15, 0.2) is 0 Å². The van der Waals surface area contributed by atoms with Gasteiger partial charge in [0.05, 0.1) is 6.54 Å². The van der Waals surface area contributed by atoms with E-state index in [1.807, 2.05) is 25.1 Å². The second-order valence-electron chi connectivity index (χ2n) is 7.98. The normalized spacial score (nSPS) is 22.8. The highest BCUT2D eigenvalue weighted by molar-refractivity contribution is 5.96. The Kier molecular flexibility index (Phi) is 8.73. The van der Waals surface area contributed by atoms with Crippen molar-refractivity contribution in [2.24, 2.45) is 5.92 Å². The maximum absolute atomic E-state index is 12.6. The van der Waals surface area contributed by atoms with E-state index >= 15 is 0 Å². The number of anilines is 2. The highest BCUT2D eigenvalue weighted by atomic mass is 35.5. The Bertz CT molecular complexity index is 676. The molecule has 0 bridgehead atoms. The van der Waals surface area contributed by atoms with Gasteiger partial charge >= 0.3 is 0 Å². The predicted molar refractivity (Wildman–Crippen MR) is 116 cm³/mol. The fourth-order valence-corrected chi connectivity index (χ4v) is 3.96. The molecular weight excluding hydrogens is 376 g/mol. The van der Waals surface area contributed by atoms with Crippen molar-refractivity contribution < 1.29 is 9.59 Å². The van der Waals surface area contributed by atoms with Crippen molar-refractivity contribution in [1.29, 1.82) is 0 Å². The number of carbonyl (C=O) groups is 2. The standard InChI is InChI=1S/C21H32N4O2.ClH/c1-15-6-7-18(23-21(27)17-8-9-22-16(2)12-17)13-19(15)24-20(26)14-25-10-4-3-5-11-25;/h6-7,13,16-17,22H,3-5,8-12,14H2,1-2H3,(H,23,27)(H,24,26);1H/t16-,17-;/m0./s1. The molecule has 0 radical (unpaired) electrons. The molecule has 2 amide bonds. The van der Waals surface area contributed by atoms with Crippen LogP contribution in [0.4, 0.5) is 11.4 Å². The second-order valence-corrected chi connectivity index (χ2v) is 7.98. The smallest absolute Gasteiger partial charge is 0.238 e. The Morgan fingerprint density at radius 2 is 1.93 bits per heavy atom. The van der Waals surface area contributed by atoms with Crippen molar-refractivity contribution in [3.63, 3.8) is 0 Å². The summed E-state index contributed by atoms with van der Waals surface area (Å²) >= 11 is 0. The van der Waals surface area contributed by atoms with Crippen LogP contribution in [0.1, 0.15) is 44.6 Å². The Morgan fingerprint density at radius 1 is 1.18 bits per heavy atom. The summed E-state index contributed by atoms with van der Waals surface area (Å²) in [6.07, 6.45) is 5.32. The SMILES string of the molecule is Cc1ccc(NC(=O)[C@H]2CCN[C@@H](C)C2)cc1NC(=O)CN1CCCCC1.Cl. The van der Waals surface area contributed by atoms with E-state index in [0.29, 0.717) is 12.6 Å². The molecule has 2 aliphatic rings. The molecule has 0 spiro atoms. The average molecular weight is 409 g/mol. The van der Waals surface area contributed by atoms with Crippen molar-refractivity contribution in [3.05, 3.63) is 23.8 Å². The van der Waals surface area contributed by atoms with Gasteiger partial charge in [0, 0.05) is 23.3 Å². The van der Waals surface area contributed by atoms with Crippen LogP contribution in [-0.4, -0.2) is 48.9 Å². The van der Waals surface area contributed by atoms with Gasteiger partial charge in [-0.05, 0) is 76.9 Å². The van der Waals surface area contributed by atoms with Gasteiger partial charge in [-0.25, -0.2) is 0 Å². The van der Waals surface area contributed by atoms with Crippen molar-refractivity contribution in [1.82, 2.24) is 10.2 Å². The maximum Gasteiger partial charge on any atom is 0.238 e. The van der Waals surface area contributed by atoms with Crippen LogP contribution >= 0.6 is 12.4 Å². The third-order valence-corrected chi connectivity index (χ3v) is 5.59. The summed E-state index contributed by atoms with van der Waals surface area (Å²) in [6.45, 7) is 7.39. The van der Waals surface area contributed by atoms with Gasteiger partial charge in [0.25, 0.3) is 0 Å². The minimum Gasteiger partial charge on any atom is -0.326 e. The van der Waals surface area contributed by atoms with Crippen LogP contribution in [0.2, 0.25) is 0 Å². The van der Waals surface area contributed by atoms with Crippen LogP contribution in [0.5, 0.6) is 0 Å². The molecule has 0 aliphatic carbocycles. The summed E-state index contributed by atoms with van der Waals surface area (Å²) in [4.78, 5) is 27.2. The molecule has 7 heteroatoms.